The summed E-state index contributed by atoms with van der Waals surface area (Å²) in [6, 6.07) is 0. The summed E-state index contributed by atoms with van der Waals surface area (Å²) in [4.78, 5) is 9.56. The topological polar surface area (TPSA) is 38.7 Å². The molecule has 0 aromatic rings. The number of rotatable bonds is 14. The van der Waals surface area contributed by atoms with Crippen molar-refractivity contribution in [3.63, 3.8) is 0 Å². The van der Waals surface area contributed by atoms with Gasteiger partial charge in [-0.25, -0.2) is 0 Å². The first-order valence-electron chi connectivity index (χ1n) is 7.55. The molecule has 0 amide bonds. The summed E-state index contributed by atoms with van der Waals surface area (Å²) in [6.07, 6.45) is 10.1. The fraction of sp³-hybridized carbons (Fsp3) is 1.00. The van der Waals surface area contributed by atoms with E-state index < -0.39 is 8.60 Å². The van der Waals surface area contributed by atoms with Crippen LogP contribution >= 0.6 is 24.5 Å². The van der Waals surface area contributed by atoms with E-state index >= 15 is 0 Å². The average molecular weight is 357 g/mol. The molecule has 2 unspecified atom stereocenters. The number of halogens is 1. The van der Waals surface area contributed by atoms with Gasteiger partial charge >= 0.3 is 8.60 Å². The van der Waals surface area contributed by atoms with Crippen LogP contribution < -0.4 is 0 Å². The summed E-state index contributed by atoms with van der Waals surface area (Å²) in [5.74, 6) is 0.571. The van der Waals surface area contributed by atoms with Crippen molar-refractivity contribution in [2.75, 3.05) is 18.5 Å². The molecule has 0 aromatic carbocycles. The minimum absolute atomic E-state index is 0.498. The zero-order chi connectivity index (χ0) is 14.3. The molecular formula is C14H30BrO3P. The van der Waals surface area contributed by atoms with Crippen LogP contribution in [-0.2, 0) is 9.05 Å². The van der Waals surface area contributed by atoms with Crippen molar-refractivity contribution in [2.24, 2.45) is 5.92 Å². The maximum atomic E-state index is 9.56. The lowest BCUT2D eigenvalue weighted by atomic mass is 9.96. The van der Waals surface area contributed by atoms with Crippen LogP contribution in [0.1, 0.15) is 65.2 Å². The van der Waals surface area contributed by atoms with Gasteiger partial charge in [0.15, 0.2) is 0 Å². The van der Waals surface area contributed by atoms with E-state index in [0.29, 0.717) is 19.1 Å². The highest BCUT2D eigenvalue weighted by atomic mass is 79.9. The molecule has 1 N–H and O–H groups in total. The summed E-state index contributed by atoms with van der Waals surface area (Å²) >= 11 is 3.26. The Balaban J connectivity index is 3.77. The third kappa shape index (κ3) is 13.5. The van der Waals surface area contributed by atoms with Crippen molar-refractivity contribution in [3.05, 3.63) is 0 Å². The van der Waals surface area contributed by atoms with Gasteiger partial charge < -0.3 is 13.9 Å². The lowest BCUT2D eigenvalue weighted by Crippen LogP contribution is -2.09. The molecule has 0 saturated heterocycles. The molecule has 0 aliphatic rings. The SMILES string of the molecule is CCCCCCC(CCCC)COP(O)OCCBr. The third-order valence-electron chi connectivity index (χ3n) is 3.13. The van der Waals surface area contributed by atoms with Crippen LogP contribution in [0.4, 0.5) is 0 Å². The predicted octanol–water partition coefficient (Wildman–Crippen LogP) is 5.41. The van der Waals surface area contributed by atoms with Crippen LogP contribution in [-0.4, -0.2) is 23.4 Å². The Labute approximate surface area is 128 Å². The summed E-state index contributed by atoms with van der Waals surface area (Å²) in [5, 5.41) is 0.728. The fourth-order valence-corrected chi connectivity index (χ4v) is 3.06. The lowest BCUT2D eigenvalue weighted by molar-refractivity contribution is 0.170. The van der Waals surface area contributed by atoms with Gasteiger partial charge in [-0.3, -0.25) is 0 Å². The van der Waals surface area contributed by atoms with Gasteiger partial charge in [0.2, 0.25) is 0 Å². The van der Waals surface area contributed by atoms with Crippen LogP contribution in [0.15, 0.2) is 0 Å². The molecule has 2 atom stereocenters. The minimum atomic E-state index is -1.69. The Bertz CT molecular complexity index is 184. The third-order valence-corrected chi connectivity index (χ3v) is 4.23. The Morgan fingerprint density at radius 2 is 1.68 bits per heavy atom. The first-order chi connectivity index (χ1) is 9.24. The first-order valence-corrected chi connectivity index (χ1v) is 9.80. The zero-order valence-corrected chi connectivity index (χ0v) is 14.9. The normalized spacial score (nSPS) is 14.5. The van der Waals surface area contributed by atoms with E-state index in [1.54, 1.807) is 0 Å². The van der Waals surface area contributed by atoms with Crippen LogP contribution in [0.3, 0.4) is 0 Å². The molecule has 0 rings (SSSR count). The lowest BCUT2D eigenvalue weighted by Gasteiger charge is -2.18. The molecule has 0 heterocycles. The largest absolute Gasteiger partial charge is 0.329 e. The number of hydrogen-bond acceptors (Lipinski definition) is 3. The van der Waals surface area contributed by atoms with E-state index in [9.17, 15) is 4.89 Å². The van der Waals surface area contributed by atoms with Gasteiger partial charge in [-0.1, -0.05) is 68.3 Å². The smallest absolute Gasteiger partial charge is 0.328 e. The van der Waals surface area contributed by atoms with Crippen molar-refractivity contribution in [1.82, 2.24) is 0 Å². The van der Waals surface area contributed by atoms with E-state index in [1.165, 1.54) is 51.4 Å². The van der Waals surface area contributed by atoms with Crippen LogP contribution in [0.2, 0.25) is 0 Å². The van der Waals surface area contributed by atoms with Crippen molar-refractivity contribution in [1.29, 1.82) is 0 Å². The number of alkyl halides is 1. The molecule has 0 radical (unpaired) electrons. The summed E-state index contributed by atoms with van der Waals surface area (Å²) < 4.78 is 10.6. The highest BCUT2D eigenvalue weighted by molar-refractivity contribution is 9.09. The fourth-order valence-electron chi connectivity index (χ4n) is 1.98. The van der Waals surface area contributed by atoms with Crippen molar-refractivity contribution < 1.29 is 13.9 Å². The second-order valence-corrected chi connectivity index (χ2v) is 6.70. The van der Waals surface area contributed by atoms with E-state index in [2.05, 4.69) is 29.8 Å². The zero-order valence-electron chi connectivity index (χ0n) is 12.4. The Morgan fingerprint density at radius 3 is 2.32 bits per heavy atom. The molecule has 19 heavy (non-hydrogen) atoms. The molecule has 0 fully saturated rings. The monoisotopic (exact) mass is 356 g/mol. The van der Waals surface area contributed by atoms with Gasteiger partial charge in [-0.2, -0.15) is 0 Å². The highest BCUT2D eigenvalue weighted by Crippen LogP contribution is 2.34. The summed E-state index contributed by atoms with van der Waals surface area (Å²) in [7, 11) is -1.69. The molecule has 5 heteroatoms. The van der Waals surface area contributed by atoms with Gasteiger partial charge in [0.1, 0.15) is 0 Å². The van der Waals surface area contributed by atoms with Gasteiger partial charge in [0, 0.05) is 5.33 Å². The average Bonchev–Trinajstić information content (AvgIpc) is 2.43. The van der Waals surface area contributed by atoms with Crippen LogP contribution in [0.25, 0.3) is 0 Å². The molecular weight excluding hydrogens is 327 g/mol. The van der Waals surface area contributed by atoms with E-state index in [1.807, 2.05) is 0 Å². The summed E-state index contributed by atoms with van der Waals surface area (Å²) in [5.41, 5.74) is 0. The van der Waals surface area contributed by atoms with Gasteiger partial charge in [0.25, 0.3) is 0 Å². The van der Waals surface area contributed by atoms with Gasteiger partial charge in [0.05, 0.1) is 13.2 Å². The molecule has 0 aliphatic heterocycles. The molecule has 0 bridgehead atoms. The van der Waals surface area contributed by atoms with Crippen LogP contribution in [0, 0.1) is 5.92 Å². The van der Waals surface area contributed by atoms with Crippen molar-refractivity contribution in [2.45, 2.75) is 65.2 Å². The maximum Gasteiger partial charge on any atom is 0.329 e. The summed E-state index contributed by atoms with van der Waals surface area (Å²) in [6.45, 7) is 5.58. The predicted molar refractivity (Wildman–Crippen MR) is 86.6 cm³/mol. The van der Waals surface area contributed by atoms with E-state index in [4.69, 9.17) is 9.05 Å². The Morgan fingerprint density at radius 1 is 1.00 bits per heavy atom. The molecule has 0 aliphatic carbocycles. The number of hydrogen-bond donors (Lipinski definition) is 1. The number of unbranched alkanes of at least 4 members (excludes halogenated alkanes) is 4. The van der Waals surface area contributed by atoms with Crippen LogP contribution in [0.5, 0.6) is 0 Å². The molecule has 0 saturated carbocycles. The van der Waals surface area contributed by atoms with E-state index in [0.717, 1.165) is 5.33 Å². The van der Waals surface area contributed by atoms with Gasteiger partial charge in [-0.05, 0) is 18.8 Å². The molecule has 3 nitrogen and oxygen atoms in total. The second-order valence-electron chi connectivity index (χ2n) is 4.91. The minimum Gasteiger partial charge on any atom is -0.328 e. The first kappa shape index (κ1) is 19.8. The quantitative estimate of drug-likeness (QED) is 0.257. The Kier molecular flexibility index (Phi) is 15.8. The molecule has 116 valence electrons. The van der Waals surface area contributed by atoms with Crippen molar-refractivity contribution in [3.8, 4) is 0 Å². The van der Waals surface area contributed by atoms with Crippen molar-refractivity contribution >= 4 is 24.5 Å². The van der Waals surface area contributed by atoms with E-state index in [-0.39, 0.29) is 0 Å². The Hall–Kier alpha value is 0.790. The standard InChI is InChI=1S/C14H30BrO3P/c1-3-5-7-8-10-14(9-6-4-2)13-18-19(16)17-12-11-15/h14,16H,3-13H2,1-2H3. The van der Waals surface area contributed by atoms with Gasteiger partial charge in [-0.15, -0.1) is 0 Å². The molecule has 0 spiro atoms. The second kappa shape index (κ2) is 15.2. The highest BCUT2D eigenvalue weighted by Gasteiger charge is 2.13. The maximum absolute atomic E-state index is 9.56. The molecule has 0 aromatic heterocycles.